The van der Waals surface area contributed by atoms with E-state index in [4.69, 9.17) is 4.42 Å². The third-order valence-corrected chi connectivity index (χ3v) is 5.64. The number of rotatable bonds is 3. The third-order valence-electron chi connectivity index (χ3n) is 3.75. The highest BCUT2D eigenvalue weighted by Gasteiger charge is 2.34. The van der Waals surface area contributed by atoms with Gasteiger partial charge in [0.15, 0.2) is 5.17 Å². The number of hydrogen-bond donors (Lipinski definition) is 1. The minimum Gasteiger partial charge on any atom is -0.464 e. The molecule has 1 aromatic carbocycles. The molecule has 2 aromatic rings. The molecule has 6 heteroatoms. The lowest BCUT2D eigenvalue weighted by molar-refractivity contribution is 0.339. The van der Waals surface area contributed by atoms with Crippen molar-refractivity contribution in [1.29, 1.82) is 0 Å². The smallest absolute Gasteiger partial charge is 0.168 e. The molecule has 21 heavy (non-hydrogen) atoms. The zero-order chi connectivity index (χ0) is 14.4. The topological polar surface area (TPSA) is 49.0 Å². The van der Waals surface area contributed by atoms with Crippen LogP contribution in [0.25, 0.3) is 16.7 Å². The molecule has 0 saturated heterocycles. The van der Waals surface area contributed by atoms with Crippen LogP contribution in [0.4, 0.5) is 0 Å². The number of aliphatic hydroxyl groups is 1. The predicted octanol–water partition coefficient (Wildman–Crippen LogP) is 3.23. The second kappa shape index (κ2) is 5.12. The Balaban J connectivity index is 1.93. The van der Waals surface area contributed by atoms with E-state index in [1.165, 1.54) is 4.90 Å². The summed E-state index contributed by atoms with van der Waals surface area (Å²) in [5.41, 5.74) is 2.97. The number of fused-ring (bicyclic) bond motifs is 2. The average molecular weight is 318 g/mol. The fourth-order valence-electron chi connectivity index (χ4n) is 2.83. The molecule has 1 aromatic heterocycles. The van der Waals surface area contributed by atoms with E-state index >= 15 is 0 Å². The van der Waals surface area contributed by atoms with E-state index in [0.717, 1.165) is 45.4 Å². The first-order valence-electron chi connectivity index (χ1n) is 6.72. The summed E-state index contributed by atoms with van der Waals surface area (Å²) in [5, 5.41) is 11.8. The second-order valence-corrected chi connectivity index (χ2v) is 6.74. The number of thioether (sulfide) groups is 2. The Labute approximate surface area is 130 Å². The van der Waals surface area contributed by atoms with Gasteiger partial charge in [0, 0.05) is 27.3 Å². The highest BCUT2D eigenvalue weighted by Crippen LogP contribution is 2.44. The molecule has 4 rings (SSSR count). The molecule has 1 N–H and O–H groups in total. The lowest BCUT2D eigenvalue weighted by atomic mass is 10.1. The maximum Gasteiger partial charge on any atom is 0.168 e. The van der Waals surface area contributed by atoms with Crippen molar-refractivity contribution in [3.8, 4) is 0 Å². The third kappa shape index (κ3) is 1.93. The molecule has 3 heterocycles. The highest BCUT2D eigenvalue weighted by atomic mass is 32.2. The normalized spacial score (nSPS) is 17.8. The maximum absolute atomic E-state index is 9.68. The van der Waals surface area contributed by atoms with E-state index in [-0.39, 0.29) is 6.61 Å². The van der Waals surface area contributed by atoms with Crippen molar-refractivity contribution < 1.29 is 9.52 Å². The van der Waals surface area contributed by atoms with Crippen LogP contribution in [0.15, 0.2) is 43.7 Å². The van der Waals surface area contributed by atoms with Crippen molar-refractivity contribution in [2.75, 3.05) is 26.0 Å². The monoisotopic (exact) mass is 318 g/mol. The lowest BCUT2D eigenvalue weighted by Crippen LogP contribution is -2.20. The predicted molar refractivity (Wildman–Crippen MR) is 88.6 cm³/mol. The van der Waals surface area contributed by atoms with Crippen molar-refractivity contribution >= 4 is 45.4 Å². The van der Waals surface area contributed by atoms with Crippen molar-refractivity contribution in [1.82, 2.24) is 4.90 Å². The summed E-state index contributed by atoms with van der Waals surface area (Å²) >= 11 is 3.28. The summed E-state index contributed by atoms with van der Waals surface area (Å²) in [6.45, 7) is 1.71. The van der Waals surface area contributed by atoms with Gasteiger partial charge in [0.05, 0.1) is 25.1 Å². The number of furan rings is 1. The number of aliphatic imine (C=N–C) groups is 1. The summed E-state index contributed by atoms with van der Waals surface area (Å²) in [7, 11) is 0. The molecule has 0 bridgehead atoms. The van der Waals surface area contributed by atoms with Crippen molar-refractivity contribution in [2.45, 2.75) is 4.90 Å². The van der Waals surface area contributed by atoms with Crippen LogP contribution in [-0.4, -0.2) is 41.1 Å². The van der Waals surface area contributed by atoms with Gasteiger partial charge in [-0.1, -0.05) is 11.8 Å². The zero-order valence-electron chi connectivity index (χ0n) is 11.5. The SMILES string of the molecule is CSc1ccc(C2=C(CO)SC3=NCCN32)c2occc12. The van der Waals surface area contributed by atoms with Crippen LogP contribution in [0.2, 0.25) is 0 Å². The minimum atomic E-state index is 0.0298. The number of nitrogens with zero attached hydrogens (tertiary/aromatic N) is 2. The van der Waals surface area contributed by atoms with E-state index in [1.54, 1.807) is 29.8 Å². The summed E-state index contributed by atoms with van der Waals surface area (Å²) in [5.74, 6) is 0. The quantitative estimate of drug-likeness (QED) is 0.881. The Morgan fingerprint density at radius 2 is 2.33 bits per heavy atom. The molecule has 0 radical (unpaired) electrons. The van der Waals surface area contributed by atoms with Gasteiger partial charge in [0.1, 0.15) is 5.58 Å². The largest absolute Gasteiger partial charge is 0.464 e. The number of aliphatic hydroxyl groups excluding tert-OH is 1. The molecule has 0 amide bonds. The van der Waals surface area contributed by atoms with Crippen molar-refractivity contribution in [3.05, 3.63) is 34.9 Å². The number of hydrogen-bond acceptors (Lipinski definition) is 6. The van der Waals surface area contributed by atoms with E-state index in [0.29, 0.717) is 0 Å². The molecule has 0 fully saturated rings. The number of amidine groups is 1. The van der Waals surface area contributed by atoms with Gasteiger partial charge < -0.3 is 14.4 Å². The molecule has 0 unspecified atom stereocenters. The van der Waals surface area contributed by atoms with Gasteiger partial charge in [0.2, 0.25) is 0 Å². The first-order valence-corrected chi connectivity index (χ1v) is 8.76. The van der Waals surface area contributed by atoms with E-state index < -0.39 is 0 Å². The first kappa shape index (κ1) is 13.3. The first-order chi connectivity index (χ1) is 10.3. The molecule has 108 valence electrons. The van der Waals surface area contributed by atoms with Crippen LogP contribution in [0.5, 0.6) is 0 Å². The Morgan fingerprint density at radius 3 is 3.14 bits per heavy atom. The summed E-state index contributed by atoms with van der Waals surface area (Å²) in [4.78, 5) is 8.83. The van der Waals surface area contributed by atoms with Crippen LogP contribution in [0.1, 0.15) is 5.56 Å². The summed E-state index contributed by atoms with van der Waals surface area (Å²) < 4.78 is 5.74. The minimum absolute atomic E-state index is 0.0298. The van der Waals surface area contributed by atoms with Gasteiger partial charge in [-0.15, -0.1) is 11.8 Å². The second-order valence-electron chi connectivity index (χ2n) is 4.83. The number of benzene rings is 1. The molecule has 2 aliphatic heterocycles. The molecule has 4 nitrogen and oxygen atoms in total. The average Bonchev–Trinajstić information content (AvgIpc) is 3.20. The van der Waals surface area contributed by atoms with E-state index in [9.17, 15) is 5.11 Å². The van der Waals surface area contributed by atoms with Crippen molar-refractivity contribution in [2.24, 2.45) is 4.99 Å². The standard InChI is InChI=1S/C15H14N2O2S2/c1-20-11-3-2-10(14-9(11)4-7-19-14)13-12(8-18)21-15-16-5-6-17(13)15/h2-4,7,18H,5-6,8H2,1H3. The fourth-order valence-corrected chi connectivity index (χ4v) is 4.47. The van der Waals surface area contributed by atoms with Crippen molar-refractivity contribution in [3.63, 3.8) is 0 Å². The van der Waals surface area contributed by atoms with Gasteiger partial charge in [-0.2, -0.15) is 0 Å². The van der Waals surface area contributed by atoms with Crippen LogP contribution in [-0.2, 0) is 0 Å². The van der Waals surface area contributed by atoms with Crippen LogP contribution >= 0.6 is 23.5 Å². The van der Waals surface area contributed by atoms with Gasteiger partial charge in [-0.25, -0.2) is 0 Å². The van der Waals surface area contributed by atoms with E-state index in [1.807, 2.05) is 6.07 Å². The van der Waals surface area contributed by atoms with Crippen LogP contribution < -0.4 is 0 Å². The Bertz CT molecular complexity index is 779. The molecular formula is C15H14N2O2S2. The lowest BCUT2D eigenvalue weighted by Gasteiger charge is -2.18. The summed E-state index contributed by atoms with van der Waals surface area (Å²) in [6.07, 6.45) is 3.80. The van der Waals surface area contributed by atoms with E-state index in [2.05, 4.69) is 28.3 Å². The Kier molecular flexibility index (Phi) is 3.24. The van der Waals surface area contributed by atoms with Gasteiger partial charge in [-0.05, 0) is 24.5 Å². The van der Waals surface area contributed by atoms with Crippen LogP contribution in [0, 0.1) is 0 Å². The fraction of sp³-hybridized carbons (Fsp3) is 0.267. The molecular weight excluding hydrogens is 304 g/mol. The summed E-state index contributed by atoms with van der Waals surface area (Å²) in [6, 6.07) is 6.21. The van der Waals surface area contributed by atoms with Crippen LogP contribution in [0.3, 0.4) is 0 Å². The molecule has 2 aliphatic rings. The Hall–Kier alpha value is -1.37. The zero-order valence-corrected chi connectivity index (χ0v) is 13.1. The molecule has 0 saturated carbocycles. The molecule has 0 atom stereocenters. The molecule has 0 spiro atoms. The van der Waals surface area contributed by atoms with Gasteiger partial charge in [-0.3, -0.25) is 4.99 Å². The maximum atomic E-state index is 9.68. The molecule has 0 aliphatic carbocycles. The van der Waals surface area contributed by atoms with Gasteiger partial charge in [0.25, 0.3) is 0 Å². The highest BCUT2D eigenvalue weighted by molar-refractivity contribution is 8.17. The Morgan fingerprint density at radius 1 is 1.43 bits per heavy atom. The van der Waals surface area contributed by atoms with Gasteiger partial charge >= 0.3 is 0 Å².